The first kappa shape index (κ1) is 24.3. The average molecular weight is 467 g/mol. The molecule has 0 aliphatic rings. The van der Waals surface area contributed by atoms with Crippen molar-refractivity contribution in [3.8, 4) is 5.75 Å². The number of benzene rings is 3. The predicted octanol–water partition coefficient (Wildman–Crippen LogP) is 4.52. The summed E-state index contributed by atoms with van der Waals surface area (Å²) in [6, 6.07) is 19.6. The molecule has 0 fully saturated rings. The van der Waals surface area contributed by atoms with Gasteiger partial charge in [-0.05, 0) is 57.5 Å². The highest BCUT2D eigenvalue weighted by Gasteiger charge is 2.28. The monoisotopic (exact) mass is 466 g/mol. The van der Waals surface area contributed by atoms with Crippen LogP contribution in [0, 0.1) is 20.8 Å². The van der Waals surface area contributed by atoms with Crippen LogP contribution in [0.2, 0.25) is 0 Å². The molecule has 0 aromatic heterocycles. The third-order valence-corrected chi connectivity index (χ3v) is 7.04. The van der Waals surface area contributed by atoms with Gasteiger partial charge < -0.3 is 10.1 Å². The minimum Gasteiger partial charge on any atom is -0.494 e. The molecule has 0 unspecified atom stereocenters. The SMILES string of the molecule is CCOc1ccccc1CNC(=O)CN(c1ccc(C)cc1C)S(=O)(=O)c1ccc(C)cc1. The van der Waals surface area contributed by atoms with Gasteiger partial charge in [-0.15, -0.1) is 0 Å². The summed E-state index contributed by atoms with van der Waals surface area (Å²) in [7, 11) is -3.95. The first-order valence-electron chi connectivity index (χ1n) is 10.9. The van der Waals surface area contributed by atoms with Crippen molar-refractivity contribution in [2.24, 2.45) is 0 Å². The van der Waals surface area contributed by atoms with Gasteiger partial charge in [0.2, 0.25) is 5.91 Å². The van der Waals surface area contributed by atoms with Crippen LogP contribution in [0.1, 0.15) is 29.2 Å². The van der Waals surface area contributed by atoms with E-state index < -0.39 is 15.9 Å². The van der Waals surface area contributed by atoms with Crippen LogP contribution in [0.25, 0.3) is 0 Å². The van der Waals surface area contributed by atoms with Crippen LogP contribution >= 0.6 is 0 Å². The van der Waals surface area contributed by atoms with Gasteiger partial charge in [-0.2, -0.15) is 0 Å². The Bertz CT molecular complexity index is 1220. The van der Waals surface area contributed by atoms with E-state index in [4.69, 9.17) is 4.74 Å². The van der Waals surface area contributed by atoms with Gasteiger partial charge in [0.1, 0.15) is 12.3 Å². The van der Waals surface area contributed by atoms with Gasteiger partial charge in [-0.25, -0.2) is 8.42 Å². The molecule has 7 heteroatoms. The Morgan fingerprint density at radius 2 is 1.61 bits per heavy atom. The maximum absolute atomic E-state index is 13.6. The van der Waals surface area contributed by atoms with Crippen LogP contribution < -0.4 is 14.4 Å². The Kier molecular flexibility index (Phi) is 7.76. The normalized spacial score (nSPS) is 11.2. The second-order valence-electron chi connectivity index (χ2n) is 7.93. The molecule has 0 radical (unpaired) electrons. The maximum Gasteiger partial charge on any atom is 0.264 e. The van der Waals surface area contributed by atoms with Crippen molar-refractivity contribution < 1.29 is 17.9 Å². The molecule has 33 heavy (non-hydrogen) atoms. The lowest BCUT2D eigenvalue weighted by Gasteiger charge is -2.26. The molecule has 0 atom stereocenters. The minimum absolute atomic E-state index is 0.141. The number of nitrogens with one attached hydrogen (secondary N) is 1. The molecule has 0 aliphatic heterocycles. The van der Waals surface area contributed by atoms with E-state index in [1.807, 2.05) is 64.1 Å². The second kappa shape index (κ2) is 10.5. The van der Waals surface area contributed by atoms with Gasteiger partial charge in [0.25, 0.3) is 10.0 Å². The molecule has 0 aliphatic carbocycles. The smallest absolute Gasteiger partial charge is 0.264 e. The van der Waals surface area contributed by atoms with E-state index in [0.29, 0.717) is 18.0 Å². The highest BCUT2D eigenvalue weighted by atomic mass is 32.2. The molecular weight excluding hydrogens is 436 g/mol. The van der Waals surface area contributed by atoms with Crippen LogP contribution in [-0.2, 0) is 21.4 Å². The number of carbonyl (C=O) groups is 1. The number of hydrogen-bond donors (Lipinski definition) is 1. The molecule has 174 valence electrons. The molecule has 3 aromatic carbocycles. The summed E-state index contributed by atoms with van der Waals surface area (Å²) in [5.41, 5.74) is 4.05. The molecule has 0 saturated carbocycles. The number of hydrogen-bond acceptors (Lipinski definition) is 4. The van der Waals surface area contributed by atoms with Crippen molar-refractivity contribution in [3.05, 3.63) is 89.0 Å². The summed E-state index contributed by atoms with van der Waals surface area (Å²) >= 11 is 0. The summed E-state index contributed by atoms with van der Waals surface area (Å²) < 4.78 is 33.9. The Labute approximate surface area is 196 Å². The quantitative estimate of drug-likeness (QED) is 0.503. The number of sulfonamides is 1. The van der Waals surface area contributed by atoms with E-state index in [0.717, 1.165) is 22.3 Å². The number of para-hydroxylation sites is 1. The number of anilines is 1. The van der Waals surface area contributed by atoms with Crippen LogP contribution in [0.4, 0.5) is 5.69 Å². The fourth-order valence-electron chi connectivity index (χ4n) is 3.55. The lowest BCUT2D eigenvalue weighted by molar-refractivity contribution is -0.119. The van der Waals surface area contributed by atoms with Gasteiger partial charge in [0.05, 0.1) is 17.2 Å². The molecular formula is C26H30N2O4S. The van der Waals surface area contributed by atoms with Gasteiger partial charge in [-0.3, -0.25) is 9.10 Å². The van der Waals surface area contributed by atoms with Gasteiger partial charge in [-0.1, -0.05) is 53.6 Å². The molecule has 0 spiro atoms. The van der Waals surface area contributed by atoms with Crippen LogP contribution in [-0.4, -0.2) is 27.5 Å². The fraction of sp³-hybridized carbons (Fsp3) is 0.269. The minimum atomic E-state index is -3.95. The third-order valence-electron chi connectivity index (χ3n) is 5.27. The summed E-state index contributed by atoms with van der Waals surface area (Å²) in [5, 5.41) is 2.84. The summed E-state index contributed by atoms with van der Waals surface area (Å²) in [5.74, 6) is 0.288. The number of amides is 1. The molecule has 0 bridgehead atoms. The zero-order valence-corrected chi connectivity index (χ0v) is 20.3. The molecule has 0 heterocycles. The van der Waals surface area contributed by atoms with Crippen molar-refractivity contribution >= 4 is 21.6 Å². The lowest BCUT2D eigenvalue weighted by atomic mass is 10.1. The number of ether oxygens (including phenoxy) is 1. The summed E-state index contributed by atoms with van der Waals surface area (Å²) in [6.07, 6.45) is 0. The molecule has 3 rings (SSSR count). The van der Waals surface area contributed by atoms with Crippen molar-refractivity contribution in [2.75, 3.05) is 17.5 Å². The van der Waals surface area contributed by atoms with Gasteiger partial charge >= 0.3 is 0 Å². The van der Waals surface area contributed by atoms with Gasteiger partial charge in [0, 0.05) is 12.1 Å². The van der Waals surface area contributed by atoms with E-state index >= 15 is 0 Å². The Morgan fingerprint density at radius 1 is 0.939 bits per heavy atom. The van der Waals surface area contributed by atoms with E-state index in [9.17, 15) is 13.2 Å². The summed E-state index contributed by atoms with van der Waals surface area (Å²) in [4.78, 5) is 13.1. The second-order valence-corrected chi connectivity index (χ2v) is 9.79. The fourth-order valence-corrected chi connectivity index (χ4v) is 5.03. The zero-order valence-electron chi connectivity index (χ0n) is 19.5. The van der Waals surface area contributed by atoms with Crippen molar-refractivity contribution in [1.82, 2.24) is 5.32 Å². The van der Waals surface area contributed by atoms with Crippen LogP contribution in [0.3, 0.4) is 0 Å². The number of aryl methyl sites for hydroxylation is 3. The van der Waals surface area contributed by atoms with Crippen LogP contribution in [0.5, 0.6) is 5.75 Å². The molecule has 1 amide bonds. The predicted molar refractivity (Wildman–Crippen MR) is 131 cm³/mol. The largest absolute Gasteiger partial charge is 0.494 e. The first-order chi connectivity index (χ1) is 15.7. The number of carbonyl (C=O) groups excluding carboxylic acids is 1. The zero-order chi connectivity index (χ0) is 24.0. The number of rotatable bonds is 9. The first-order valence-corrected chi connectivity index (χ1v) is 12.3. The Balaban J connectivity index is 1.88. The molecule has 6 nitrogen and oxygen atoms in total. The molecule has 3 aromatic rings. The highest BCUT2D eigenvalue weighted by Crippen LogP contribution is 2.28. The molecule has 1 N–H and O–H groups in total. The molecule has 0 saturated heterocycles. The van der Waals surface area contributed by atoms with Crippen LogP contribution in [0.15, 0.2) is 71.6 Å². The average Bonchev–Trinajstić information content (AvgIpc) is 2.78. The maximum atomic E-state index is 13.6. The van der Waals surface area contributed by atoms with Crippen molar-refractivity contribution in [1.29, 1.82) is 0 Å². The topological polar surface area (TPSA) is 75.7 Å². The van der Waals surface area contributed by atoms with E-state index in [-0.39, 0.29) is 18.0 Å². The van der Waals surface area contributed by atoms with E-state index in [1.165, 1.54) is 4.31 Å². The van der Waals surface area contributed by atoms with Crippen molar-refractivity contribution in [3.63, 3.8) is 0 Å². The Hall–Kier alpha value is -3.32. The Morgan fingerprint density at radius 3 is 2.27 bits per heavy atom. The number of nitrogens with zero attached hydrogens (tertiary/aromatic N) is 1. The lowest BCUT2D eigenvalue weighted by Crippen LogP contribution is -2.41. The van der Waals surface area contributed by atoms with Gasteiger partial charge in [0.15, 0.2) is 0 Å². The standard InChI is InChI=1S/C26H30N2O4S/c1-5-32-25-9-7-6-8-22(25)17-27-26(29)18-28(24-15-12-20(3)16-21(24)4)33(30,31)23-13-10-19(2)11-14-23/h6-16H,5,17-18H2,1-4H3,(H,27,29). The van der Waals surface area contributed by atoms with E-state index in [2.05, 4.69) is 5.32 Å². The third kappa shape index (κ3) is 5.93. The highest BCUT2D eigenvalue weighted by molar-refractivity contribution is 7.92. The summed E-state index contributed by atoms with van der Waals surface area (Å²) in [6.45, 7) is 7.99. The van der Waals surface area contributed by atoms with Crippen molar-refractivity contribution in [2.45, 2.75) is 39.1 Å². The van der Waals surface area contributed by atoms with E-state index in [1.54, 1.807) is 30.3 Å².